The second-order valence-corrected chi connectivity index (χ2v) is 5.72. The van der Waals surface area contributed by atoms with Crippen molar-refractivity contribution in [3.8, 4) is 0 Å². The lowest BCUT2D eigenvalue weighted by Gasteiger charge is -2.46. The largest absolute Gasteiger partial charge is 0.331 e. The molecule has 1 heterocycles. The SMILES string of the molecule is O=C1CC(=O)N(C2(c3ccccc3)CCCCC2)C(=O)N1. The predicted molar refractivity (Wildman–Crippen MR) is 76.2 cm³/mol. The molecule has 0 atom stereocenters. The van der Waals surface area contributed by atoms with Gasteiger partial charge in [-0.25, -0.2) is 4.79 Å². The van der Waals surface area contributed by atoms with Crippen molar-refractivity contribution in [2.45, 2.75) is 44.1 Å². The summed E-state index contributed by atoms with van der Waals surface area (Å²) < 4.78 is 0. The summed E-state index contributed by atoms with van der Waals surface area (Å²) in [6, 6.07) is 9.10. The molecule has 5 nitrogen and oxygen atoms in total. The Balaban J connectivity index is 2.05. The van der Waals surface area contributed by atoms with Crippen molar-refractivity contribution in [1.29, 1.82) is 0 Å². The number of rotatable bonds is 2. The number of barbiturate groups is 1. The molecule has 1 saturated heterocycles. The van der Waals surface area contributed by atoms with Crippen LogP contribution in [0.15, 0.2) is 30.3 Å². The number of nitrogens with zero attached hydrogens (tertiary/aromatic N) is 1. The van der Waals surface area contributed by atoms with Gasteiger partial charge in [0.05, 0.1) is 5.54 Å². The van der Waals surface area contributed by atoms with Crippen molar-refractivity contribution in [1.82, 2.24) is 10.2 Å². The number of carbonyl (C=O) groups is 3. The van der Waals surface area contributed by atoms with E-state index in [9.17, 15) is 14.4 Å². The monoisotopic (exact) mass is 286 g/mol. The van der Waals surface area contributed by atoms with E-state index < -0.39 is 23.4 Å². The summed E-state index contributed by atoms with van der Waals surface area (Å²) in [5, 5.41) is 2.28. The lowest BCUT2D eigenvalue weighted by molar-refractivity contribution is -0.141. The zero-order chi connectivity index (χ0) is 14.9. The van der Waals surface area contributed by atoms with E-state index >= 15 is 0 Å². The van der Waals surface area contributed by atoms with Gasteiger partial charge in [0.1, 0.15) is 6.42 Å². The van der Waals surface area contributed by atoms with Gasteiger partial charge < -0.3 is 0 Å². The zero-order valence-electron chi connectivity index (χ0n) is 11.8. The average molecular weight is 286 g/mol. The molecule has 5 heteroatoms. The van der Waals surface area contributed by atoms with Crippen molar-refractivity contribution in [2.24, 2.45) is 0 Å². The maximum Gasteiger partial charge on any atom is 0.331 e. The quantitative estimate of drug-likeness (QED) is 0.848. The Kier molecular flexibility index (Phi) is 3.49. The number of hydrogen-bond donors (Lipinski definition) is 1. The van der Waals surface area contributed by atoms with E-state index in [2.05, 4.69) is 5.32 Å². The van der Waals surface area contributed by atoms with Gasteiger partial charge in [0, 0.05) is 0 Å². The number of carbonyl (C=O) groups excluding carboxylic acids is 3. The van der Waals surface area contributed by atoms with E-state index in [-0.39, 0.29) is 6.42 Å². The van der Waals surface area contributed by atoms with Gasteiger partial charge in [-0.3, -0.25) is 19.8 Å². The van der Waals surface area contributed by atoms with Crippen LogP contribution in [0.1, 0.15) is 44.1 Å². The van der Waals surface area contributed by atoms with Crippen LogP contribution in [0.5, 0.6) is 0 Å². The van der Waals surface area contributed by atoms with Crippen LogP contribution in [-0.2, 0) is 15.1 Å². The number of benzene rings is 1. The molecule has 1 saturated carbocycles. The molecule has 1 aromatic carbocycles. The van der Waals surface area contributed by atoms with Crippen molar-refractivity contribution < 1.29 is 14.4 Å². The van der Waals surface area contributed by atoms with Crippen LogP contribution in [0.2, 0.25) is 0 Å². The number of urea groups is 1. The summed E-state index contributed by atoms with van der Waals surface area (Å²) in [6.45, 7) is 0. The number of imide groups is 2. The predicted octanol–water partition coefficient (Wildman–Crippen LogP) is 2.31. The smallest absolute Gasteiger partial charge is 0.277 e. The van der Waals surface area contributed by atoms with Crippen LogP contribution >= 0.6 is 0 Å². The molecule has 1 N–H and O–H groups in total. The summed E-state index contributed by atoms with van der Waals surface area (Å²) in [5.41, 5.74) is 0.365. The van der Waals surface area contributed by atoms with Gasteiger partial charge in [0.25, 0.3) is 0 Å². The van der Waals surface area contributed by atoms with Crippen molar-refractivity contribution in [2.75, 3.05) is 0 Å². The number of hydrogen-bond acceptors (Lipinski definition) is 3. The minimum atomic E-state index is -0.610. The van der Waals surface area contributed by atoms with Crippen molar-refractivity contribution >= 4 is 17.8 Å². The summed E-state index contributed by atoms with van der Waals surface area (Å²) in [5.74, 6) is -0.908. The van der Waals surface area contributed by atoms with Gasteiger partial charge in [-0.15, -0.1) is 0 Å². The van der Waals surface area contributed by atoms with Gasteiger partial charge in [0.15, 0.2) is 0 Å². The van der Waals surface area contributed by atoms with Gasteiger partial charge in [-0.1, -0.05) is 49.6 Å². The van der Waals surface area contributed by atoms with Gasteiger partial charge in [0.2, 0.25) is 11.8 Å². The fraction of sp³-hybridized carbons (Fsp3) is 0.438. The molecular formula is C16H18N2O3. The minimum absolute atomic E-state index is 0.250. The molecule has 0 aromatic heterocycles. The van der Waals surface area contributed by atoms with Crippen molar-refractivity contribution in [3.63, 3.8) is 0 Å². The van der Waals surface area contributed by atoms with E-state index in [1.54, 1.807) is 0 Å². The first kappa shape index (κ1) is 13.8. The van der Waals surface area contributed by atoms with Crippen LogP contribution in [0.3, 0.4) is 0 Å². The molecule has 0 unspecified atom stereocenters. The highest BCUT2D eigenvalue weighted by Gasteiger charge is 2.48. The first-order chi connectivity index (χ1) is 10.1. The van der Waals surface area contributed by atoms with Crippen LogP contribution in [0.25, 0.3) is 0 Å². The zero-order valence-corrected chi connectivity index (χ0v) is 11.8. The van der Waals surface area contributed by atoms with Crippen molar-refractivity contribution in [3.05, 3.63) is 35.9 Å². The van der Waals surface area contributed by atoms with Crippen LogP contribution in [-0.4, -0.2) is 22.7 Å². The Morgan fingerprint density at radius 1 is 0.952 bits per heavy atom. The standard InChI is InChI=1S/C16H18N2O3/c19-13-11-14(20)18(15(21)17-13)16(9-5-2-6-10-16)12-7-3-1-4-8-12/h1,3-4,7-8H,2,5-6,9-11H2,(H,17,19,21). The summed E-state index contributed by atoms with van der Waals surface area (Å²) in [4.78, 5) is 37.3. The normalized spacial score (nSPS) is 22.1. The summed E-state index contributed by atoms with van der Waals surface area (Å²) >= 11 is 0. The molecule has 2 fully saturated rings. The Hall–Kier alpha value is -2.17. The minimum Gasteiger partial charge on any atom is -0.277 e. The maximum atomic E-state index is 12.3. The Morgan fingerprint density at radius 2 is 1.62 bits per heavy atom. The third kappa shape index (κ3) is 2.33. The summed E-state index contributed by atoms with van der Waals surface area (Å²) in [7, 11) is 0. The van der Waals surface area contributed by atoms with Gasteiger partial charge in [-0.2, -0.15) is 0 Å². The molecule has 0 spiro atoms. The molecule has 4 amide bonds. The van der Waals surface area contributed by atoms with E-state index in [4.69, 9.17) is 0 Å². The van der Waals surface area contributed by atoms with E-state index in [0.717, 1.165) is 37.7 Å². The number of amides is 4. The molecule has 3 rings (SSSR count). The van der Waals surface area contributed by atoms with Crippen LogP contribution in [0, 0.1) is 0 Å². The first-order valence-corrected chi connectivity index (χ1v) is 7.36. The molecule has 0 radical (unpaired) electrons. The molecule has 21 heavy (non-hydrogen) atoms. The fourth-order valence-corrected chi connectivity index (χ4v) is 3.51. The summed E-state index contributed by atoms with van der Waals surface area (Å²) in [6.07, 6.45) is 4.31. The third-order valence-corrected chi connectivity index (χ3v) is 4.43. The second-order valence-electron chi connectivity index (χ2n) is 5.72. The van der Waals surface area contributed by atoms with Gasteiger partial charge >= 0.3 is 6.03 Å². The molecule has 1 aromatic rings. The van der Waals surface area contributed by atoms with Gasteiger partial charge in [-0.05, 0) is 18.4 Å². The first-order valence-electron chi connectivity index (χ1n) is 7.36. The fourth-order valence-electron chi connectivity index (χ4n) is 3.51. The number of nitrogens with one attached hydrogen (secondary N) is 1. The van der Waals surface area contributed by atoms with E-state index in [1.807, 2.05) is 30.3 Å². The Labute approximate surface area is 123 Å². The lowest BCUT2D eigenvalue weighted by atomic mass is 9.75. The van der Waals surface area contributed by atoms with E-state index in [0.29, 0.717) is 0 Å². The molecule has 1 aliphatic heterocycles. The van der Waals surface area contributed by atoms with E-state index in [1.165, 1.54) is 4.90 Å². The molecule has 1 aliphatic carbocycles. The Bertz CT molecular complexity index is 556. The highest BCUT2D eigenvalue weighted by atomic mass is 16.2. The lowest BCUT2D eigenvalue weighted by Crippen LogP contribution is -2.61. The maximum absolute atomic E-state index is 12.3. The molecular weight excluding hydrogens is 268 g/mol. The second kappa shape index (κ2) is 5.31. The topological polar surface area (TPSA) is 66.5 Å². The molecule has 0 bridgehead atoms. The van der Waals surface area contributed by atoms with Crippen LogP contribution < -0.4 is 5.32 Å². The highest BCUT2D eigenvalue weighted by Crippen LogP contribution is 2.43. The highest BCUT2D eigenvalue weighted by molar-refractivity contribution is 6.14. The Morgan fingerprint density at radius 3 is 2.24 bits per heavy atom. The average Bonchev–Trinajstić information content (AvgIpc) is 2.48. The van der Waals surface area contributed by atoms with Crippen LogP contribution in [0.4, 0.5) is 4.79 Å². The molecule has 110 valence electrons. The molecule has 2 aliphatic rings. The third-order valence-electron chi connectivity index (χ3n) is 4.43.